The van der Waals surface area contributed by atoms with E-state index >= 15 is 0 Å². The molecule has 0 unspecified atom stereocenters. The Balaban J connectivity index is 2.72. The highest BCUT2D eigenvalue weighted by molar-refractivity contribution is 5.97. The molecule has 6 nitrogen and oxygen atoms in total. The van der Waals surface area contributed by atoms with E-state index in [1.807, 2.05) is 0 Å². The predicted molar refractivity (Wildman–Crippen MR) is 68.4 cm³/mol. The van der Waals surface area contributed by atoms with Crippen molar-refractivity contribution < 1.29 is 14.3 Å². The second-order valence-electron chi connectivity index (χ2n) is 3.97. The lowest BCUT2D eigenvalue weighted by atomic mass is 10.1. The molecule has 0 aromatic heterocycles. The second-order valence-corrected chi connectivity index (χ2v) is 3.97. The molecule has 0 spiro atoms. The third-order valence-corrected chi connectivity index (χ3v) is 2.33. The first-order valence-corrected chi connectivity index (χ1v) is 5.37. The zero-order valence-corrected chi connectivity index (χ0v) is 10.7. The van der Waals surface area contributed by atoms with Gasteiger partial charge in [0.2, 0.25) is 5.91 Å². The van der Waals surface area contributed by atoms with E-state index in [9.17, 15) is 9.59 Å². The van der Waals surface area contributed by atoms with Crippen molar-refractivity contribution >= 4 is 17.5 Å². The van der Waals surface area contributed by atoms with Crippen LogP contribution in [0.25, 0.3) is 0 Å². The van der Waals surface area contributed by atoms with Crippen molar-refractivity contribution in [2.75, 3.05) is 33.5 Å². The summed E-state index contributed by atoms with van der Waals surface area (Å²) >= 11 is 0. The number of hydrogen-bond donors (Lipinski definition) is 2. The lowest BCUT2D eigenvalue weighted by molar-refractivity contribution is -0.127. The van der Waals surface area contributed by atoms with Gasteiger partial charge in [0, 0.05) is 31.4 Å². The van der Waals surface area contributed by atoms with E-state index < -0.39 is 0 Å². The summed E-state index contributed by atoms with van der Waals surface area (Å²) in [6.45, 7) is -0.0526. The van der Waals surface area contributed by atoms with Gasteiger partial charge in [0.15, 0.2) is 0 Å². The Morgan fingerprint density at radius 3 is 2.56 bits per heavy atom. The number of nitrogens with two attached hydrogens (primary N) is 1. The van der Waals surface area contributed by atoms with E-state index in [-0.39, 0.29) is 18.4 Å². The van der Waals surface area contributed by atoms with Gasteiger partial charge in [-0.1, -0.05) is 0 Å². The van der Waals surface area contributed by atoms with Crippen molar-refractivity contribution in [2.45, 2.75) is 0 Å². The van der Waals surface area contributed by atoms with Crippen molar-refractivity contribution in [3.63, 3.8) is 0 Å². The van der Waals surface area contributed by atoms with Crippen LogP contribution in [0.3, 0.4) is 0 Å². The molecule has 98 valence electrons. The van der Waals surface area contributed by atoms with Crippen LogP contribution in [0.1, 0.15) is 10.4 Å². The summed E-state index contributed by atoms with van der Waals surface area (Å²) < 4.78 is 5.01. The molecule has 0 bridgehead atoms. The fourth-order valence-electron chi connectivity index (χ4n) is 1.29. The van der Waals surface area contributed by atoms with Crippen molar-refractivity contribution in [2.24, 2.45) is 0 Å². The maximum Gasteiger partial charge on any atom is 0.251 e. The first kappa shape index (κ1) is 13.8. The van der Waals surface area contributed by atoms with Gasteiger partial charge in [-0.15, -0.1) is 0 Å². The molecule has 0 aliphatic carbocycles. The van der Waals surface area contributed by atoms with Gasteiger partial charge in [-0.05, 0) is 12.1 Å². The number of methoxy groups -OCH3 is 1. The number of nitrogen functional groups attached to an aromatic ring is 1. The van der Waals surface area contributed by atoms with Crippen LogP contribution < -0.4 is 15.8 Å². The molecular weight excluding hydrogens is 234 g/mol. The Labute approximate surface area is 106 Å². The topological polar surface area (TPSA) is 84.7 Å². The SMILES string of the molecule is COc1cc(N)cc(C(=O)NCC(=O)N(C)C)c1. The standard InChI is InChI=1S/C12H17N3O3/c1-15(2)11(16)7-14-12(17)8-4-9(13)6-10(5-8)18-3/h4-6H,7,13H2,1-3H3,(H,14,17). The normalized spacial score (nSPS) is 9.72. The highest BCUT2D eigenvalue weighted by atomic mass is 16.5. The van der Waals surface area contributed by atoms with Gasteiger partial charge in [0.05, 0.1) is 13.7 Å². The van der Waals surface area contributed by atoms with Gasteiger partial charge in [0.1, 0.15) is 5.75 Å². The molecule has 1 rings (SSSR count). The number of carbonyl (C=O) groups excluding carboxylic acids is 2. The summed E-state index contributed by atoms with van der Waals surface area (Å²) in [7, 11) is 4.74. The molecule has 0 saturated heterocycles. The van der Waals surface area contributed by atoms with Gasteiger partial charge < -0.3 is 20.7 Å². The third kappa shape index (κ3) is 3.65. The fraction of sp³-hybridized carbons (Fsp3) is 0.333. The van der Waals surface area contributed by atoms with Crippen LogP contribution in [0.4, 0.5) is 5.69 Å². The Morgan fingerprint density at radius 1 is 1.33 bits per heavy atom. The van der Waals surface area contributed by atoms with E-state index in [2.05, 4.69) is 5.32 Å². The number of nitrogens with zero attached hydrogens (tertiary/aromatic N) is 1. The van der Waals surface area contributed by atoms with Crippen molar-refractivity contribution in [1.29, 1.82) is 0 Å². The van der Waals surface area contributed by atoms with Crippen LogP contribution in [0, 0.1) is 0 Å². The van der Waals surface area contributed by atoms with Crippen LogP contribution in [0.2, 0.25) is 0 Å². The molecule has 3 N–H and O–H groups in total. The van der Waals surface area contributed by atoms with Gasteiger partial charge in [-0.3, -0.25) is 9.59 Å². The molecule has 18 heavy (non-hydrogen) atoms. The average molecular weight is 251 g/mol. The Kier molecular flexibility index (Phi) is 4.53. The minimum atomic E-state index is -0.365. The van der Waals surface area contributed by atoms with Crippen LogP contribution in [-0.2, 0) is 4.79 Å². The highest BCUT2D eigenvalue weighted by Gasteiger charge is 2.10. The van der Waals surface area contributed by atoms with Crippen molar-refractivity contribution in [3.05, 3.63) is 23.8 Å². The quantitative estimate of drug-likeness (QED) is 0.743. The summed E-state index contributed by atoms with van der Waals surface area (Å²) in [5, 5.41) is 2.52. The molecule has 0 atom stereocenters. The molecule has 6 heteroatoms. The Bertz CT molecular complexity index is 458. The molecule has 1 aromatic rings. The average Bonchev–Trinajstić information content (AvgIpc) is 2.34. The van der Waals surface area contributed by atoms with Crippen LogP contribution >= 0.6 is 0 Å². The number of carbonyl (C=O) groups is 2. The Morgan fingerprint density at radius 2 is 2.00 bits per heavy atom. The fourth-order valence-corrected chi connectivity index (χ4v) is 1.29. The summed E-state index contributed by atoms with van der Waals surface area (Å²) in [6.07, 6.45) is 0. The molecule has 0 radical (unpaired) electrons. The summed E-state index contributed by atoms with van der Waals surface area (Å²) in [5.74, 6) is -0.0471. The molecule has 0 heterocycles. The summed E-state index contributed by atoms with van der Waals surface area (Å²) in [4.78, 5) is 24.5. The minimum Gasteiger partial charge on any atom is -0.497 e. The zero-order chi connectivity index (χ0) is 13.7. The van der Waals surface area contributed by atoms with Gasteiger partial charge in [-0.2, -0.15) is 0 Å². The summed E-state index contributed by atoms with van der Waals surface area (Å²) in [5.41, 5.74) is 6.43. The van der Waals surface area contributed by atoms with Gasteiger partial charge in [0.25, 0.3) is 5.91 Å². The van der Waals surface area contributed by atoms with E-state index in [4.69, 9.17) is 10.5 Å². The number of anilines is 1. The Hall–Kier alpha value is -2.24. The number of likely N-dealkylation sites (N-methyl/N-ethyl adjacent to an activating group) is 1. The van der Waals surface area contributed by atoms with E-state index in [1.165, 1.54) is 18.1 Å². The number of nitrogens with one attached hydrogen (secondary N) is 1. The van der Waals surface area contributed by atoms with E-state index in [1.54, 1.807) is 26.2 Å². The van der Waals surface area contributed by atoms with E-state index in [0.717, 1.165) is 0 Å². The molecule has 0 aliphatic heterocycles. The third-order valence-electron chi connectivity index (χ3n) is 2.33. The van der Waals surface area contributed by atoms with Crippen LogP contribution in [0.5, 0.6) is 5.75 Å². The lowest BCUT2D eigenvalue weighted by Crippen LogP contribution is -2.36. The highest BCUT2D eigenvalue weighted by Crippen LogP contribution is 2.18. The second kappa shape index (κ2) is 5.90. The first-order chi connectivity index (χ1) is 8.43. The maximum absolute atomic E-state index is 11.8. The van der Waals surface area contributed by atoms with Crippen molar-refractivity contribution in [3.8, 4) is 5.75 Å². The minimum absolute atomic E-state index is 0.0526. The van der Waals surface area contributed by atoms with Crippen LogP contribution in [-0.4, -0.2) is 44.5 Å². The monoisotopic (exact) mass is 251 g/mol. The molecular formula is C12H17N3O3. The van der Waals surface area contributed by atoms with Crippen LogP contribution in [0.15, 0.2) is 18.2 Å². The number of amides is 2. The maximum atomic E-state index is 11.8. The predicted octanol–water partition coefficient (Wildman–Crippen LogP) is 0.0954. The number of benzene rings is 1. The smallest absolute Gasteiger partial charge is 0.251 e. The first-order valence-electron chi connectivity index (χ1n) is 5.37. The molecule has 0 fully saturated rings. The number of rotatable bonds is 4. The van der Waals surface area contributed by atoms with Crippen molar-refractivity contribution in [1.82, 2.24) is 10.2 Å². The van der Waals surface area contributed by atoms with E-state index in [0.29, 0.717) is 17.0 Å². The summed E-state index contributed by atoms with van der Waals surface area (Å²) in [6, 6.07) is 4.70. The zero-order valence-electron chi connectivity index (χ0n) is 10.7. The van der Waals surface area contributed by atoms with Gasteiger partial charge in [-0.25, -0.2) is 0 Å². The molecule has 0 aliphatic rings. The molecule has 0 saturated carbocycles. The number of hydrogen-bond acceptors (Lipinski definition) is 4. The largest absolute Gasteiger partial charge is 0.497 e. The van der Waals surface area contributed by atoms with Gasteiger partial charge >= 0.3 is 0 Å². The molecule has 2 amide bonds. The lowest BCUT2D eigenvalue weighted by Gasteiger charge is -2.11. The molecule has 1 aromatic carbocycles. The number of ether oxygens (including phenoxy) is 1.